The molecular weight excluding hydrogens is 302 g/mol. The molecule has 0 spiro atoms. The van der Waals surface area contributed by atoms with Crippen molar-refractivity contribution in [1.29, 1.82) is 0 Å². The Balaban J connectivity index is 1.74. The van der Waals surface area contributed by atoms with Crippen LogP contribution >= 0.6 is 0 Å². The number of nitrogens with zero attached hydrogens (tertiary/aromatic N) is 2. The van der Waals surface area contributed by atoms with Crippen LogP contribution in [0.25, 0.3) is 0 Å². The fourth-order valence-electron chi connectivity index (χ4n) is 2.39. The van der Waals surface area contributed by atoms with Crippen LogP contribution in [0.1, 0.15) is 25.3 Å². The lowest BCUT2D eigenvalue weighted by Gasteiger charge is -2.22. The van der Waals surface area contributed by atoms with Gasteiger partial charge in [-0.05, 0) is 49.8 Å². The maximum Gasteiger partial charge on any atom is 0.193 e. The van der Waals surface area contributed by atoms with Crippen molar-refractivity contribution in [2.45, 2.75) is 26.2 Å². The highest BCUT2D eigenvalue weighted by molar-refractivity contribution is 5.79. The monoisotopic (exact) mass is 333 g/mol. The van der Waals surface area contributed by atoms with Crippen LogP contribution in [-0.2, 0) is 11.2 Å². The summed E-state index contributed by atoms with van der Waals surface area (Å²) in [6.45, 7) is 6.27. The molecule has 134 valence electrons. The van der Waals surface area contributed by atoms with Gasteiger partial charge >= 0.3 is 0 Å². The zero-order chi connectivity index (χ0) is 17.2. The molecule has 1 aliphatic rings. The number of likely N-dealkylation sites (N-methyl/N-ethyl adjacent to an activating group) is 1. The van der Waals surface area contributed by atoms with Crippen molar-refractivity contribution in [3.05, 3.63) is 29.8 Å². The van der Waals surface area contributed by atoms with E-state index in [2.05, 4.69) is 36.3 Å². The van der Waals surface area contributed by atoms with Crippen LogP contribution < -0.4 is 10.1 Å². The van der Waals surface area contributed by atoms with E-state index in [0.29, 0.717) is 0 Å². The summed E-state index contributed by atoms with van der Waals surface area (Å²) in [7, 11) is 3.75. The predicted octanol–water partition coefficient (Wildman–Crippen LogP) is 2.56. The number of guanidine groups is 1. The van der Waals surface area contributed by atoms with E-state index < -0.39 is 0 Å². The average molecular weight is 333 g/mol. The lowest BCUT2D eigenvalue weighted by molar-refractivity contribution is 0.115. The zero-order valence-electron chi connectivity index (χ0n) is 15.3. The SMILES string of the molecule is CCNC(=NCCc1ccc(OC)cc1)N(C)CCOCC1CC1. The molecule has 1 aromatic carbocycles. The van der Waals surface area contributed by atoms with E-state index >= 15 is 0 Å². The van der Waals surface area contributed by atoms with Crippen LogP contribution in [0.3, 0.4) is 0 Å². The van der Waals surface area contributed by atoms with Crippen LogP contribution in [-0.4, -0.2) is 57.9 Å². The van der Waals surface area contributed by atoms with E-state index in [4.69, 9.17) is 14.5 Å². The molecule has 5 nitrogen and oxygen atoms in total. The summed E-state index contributed by atoms with van der Waals surface area (Å²) < 4.78 is 10.9. The molecule has 24 heavy (non-hydrogen) atoms. The second-order valence-corrected chi connectivity index (χ2v) is 6.27. The topological polar surface area (TPSA) is 46.1 Å². The molecule has 0 amide bonds. The number of methoxy groups -OCH3 is 1. The number of nitrogens with one attached hydrogen (secondary N) is 1. The van der Waals surface area contributed by atoms with Gasteiger partial charge in [0.05, 0.1) is 13.7 Å². The number of aliphatic imine (C=N–C) groups is 1. The van der Waals surface area contributed by atoms with Crippen molar-refractivity contribution in [2.24, 2.45) is 10.9 Å². The minimum absolute atomic E-state index is 0.760. The van der Waals surface area contributed by atoms with Crippen molar-refractivity contribution < 1.29 is 9.47 Å². The third kappa shape index (κ3) is 6.79. The molecule has 5 heteroatoms. The van der Waals surface area contributed by atoms with Crippen LogP contribution in [0.5, 0.6) is 5.75 Å². The van der Waals surface area contributed by atoms with Crippen molar-refractivity contribution in [1.82, 2.24) is 10.2 Å². The van der Waals surface area contributed by atoms with Gasteiger partial charge in [0, 0.05) is 33.3 Å². The molecule has 1 fully saturated rings. The second-order valence-electron chi connectivity index (χ2n) is 6.27. The quantitative estimate of drug-likeness (QED) is 0.406. The molecule has 0 radical (unpaired) electrons. The van der Waals surface area contributed by atoms with Gasteiger partial charge in [0.1, 0.15) is 5.75 Å². The largest absolute Gasteiger partial charge is 0.497 e. The minimum atomic E-state index is 0.760. The molecule has 2 rings (SSSR count). The van der Waals surface area contributed by atoms with E-state index in [1.54, 1.807) is 7.11 Å². The van der Waals surface area contributed by atoms with E-state index in [1.807, 2.05) is 12.1 Å². The Morgan fingerprint density at radius 2 is 2.04 bits per heavy atom. The first kappa shape index (κ1) is 18.6. The van der Waals surface area contributed by atoms with E-state index in [9.17, 15) is 0 Å². The highest BCUT2D eigenvalue weighted by Gasteiger charge is 2.21. The minimum Gasteiger partial charge on any atom is -0.497 e. The Kier molecular flexibility index (Phi) is 7.89. The van der Waals surface area contributed by atoms with Crippen molar-refractivity contribution in [3.8, 4) is 5.75 Å². The molecule has 1 aliphatic carbocycles. The van der Waals surface area contributed by atoms with Gasteiger partial charge in [-0.15, -0.1) is 0 Å². The van der Waals surface area contributed by atoms with E-state index in [1.165, 1.54) is 18.4 Å². The summed E-state index contributed by atoms with van der Waals surface area (Å²) in [6, 6.07) is 8.18. The second kappa shape index (κ2) is 10.2. The fraction of sp³-hybridized carbons (Fsp3) is 0.632. The number of hydrogen-bond donors (Lipinski definition) is 1. The molecule has 0 saturated heterocycles. The van der Waals surface area contributed by atoms with Crippen LogP contribution in [0, 0.1) is 5.92 Å². The maximum atomic E-state index is 5.72. The van der Waals surface area contributed by atoms with Crippen molar-refractivity contribution in [2.75, 3.05) is 47.0 Å². The van der Waals surface area contributed by atoms with Crippen LogP contribution in [0.2, 0.25) is 0 Å². The normalized spacial score (nSPS) is 14.5. The van der Waals surface area contributed by atoms with Gasteiger partial charge in [-0.3, -0.25) is 4.99 Å². The highest BCUT2D eigenvalue weighted by atomic mass is 16.5. The highest BCUT2D eigenvalue weighted by Crippen LogP contribution is 2.28. The number of rotatable bonds is 10. The lowest BCUT2D eigenvalue weighted by Crippen LogP contribution is -2.40. The molecule has 1 aromatic rings. The predicted molar refractivity (Wildman–Crippen MR) is 98.8 cm³/mol. The third-order valence-corrected chi connectivity index (χ3v) is 4.14. The van der Waals surface area contributed by atoms with Gasteiger partial charge in [-0.1, -0.05) is 12.1 Å². The molecular formula is C19H31N3O2. The summed E-state index contributed by atoms with van der Waals surface area (Å²) in [6.07, 6.45) is 3.60. The van der Waals surface area contributed by atoms with Gasteiger partial charge in [0.2, 0.25) is 0 Å². The summed E-state index contributed by atoms with van der Waals surface area (Å²) in [5.74, 6) is 2.66. The van der Waals surface area contributed by atoms with Crippen molar-refractivity contribution >= 4 is 5.96 Å². The Labute approximate surface area is 146 Å². The number of benzene rings is 1. The average Bonchev–Trinajstić information content (AvgIpc) is 3.42. The molecule has 0 aliphatic heterocycles. The maximum absolute atomic E-state index is 5.72. The zero-order valence-corrected chi connectivity index (χ0v) is 15.3. The molecule has 0 heterocycles. The van der Waals surface area contributed by atoms with Crippen LogP contribution in [0.15, 0.2) is 29.3 Å². The fourth-order valence-corrected chi connectivity index (χ4v) is 2.39. The smallest absolute Gasteiger partial charge is 0.193 e. The molecule has 1 N–H and O–H groups in total. The Morgan fingerprint density at radius 3 is 2.67 bits per heavy atom. The summed E-state index contributed by atoms with van der Waals surface area (Å²) in [5.41, 5.74) is 1.27. The molecule has 1 saturated carbocycles. The lowest BCUT2D eigenvalue weighted by atomic mass is 10.1. The summed E-state index contributed by atoms with van der Waals surface area (Å²) in [5, 5.41) is 3.35. The third-order valence-electron chi connectivity index (χ3n) is 4.14. The van der Waals surface area contributed by atoms with Crippen molar-refractivity contribution in [3.63, 3.8) is 0 Å². The molecule has 0 unspecified atom stereocenters. The number of hydrogen-bond acceptors (Lipinski definition) is 3. The standard InChI is InChI=1S/C19H31N3O2/c1-4-20-19(22(2)13-14-24-15-17-5-6-17)21-12-11-16-7-9-18(23-3)10-8-16/h7-10,17H,4-6,11-15H2,1-3H3,(H,20,21). The summed E-state index contributed by atoms with van der Waals surface area (Å²) in [4.78, 5) is 6.87. The van der Waals surface area contributed by atoms with E-state index in [0.717, 1.165) is 56.9 Å². The first-order valence-electron chi connectivity index (χ1n) is 8.93. The Hall–Kier alpha value is -1.75. The molecule has 0 aromatic heterocycles. The van der Waals surface area contributed by atoms with Gasteiger partial charge < -0.3 is 19.7 Å². The number of ether oxygens (including phenoxy) is 2. The van der Waals surface area contributed by atoms with Gasteiger partial charge in [0.25, 0.3) is 0 Å². The Bertz CT molecular complexity index is 498. The van der Waals surface area contributed by atoms with E-state index in [-0.39, 0.29) is 0 Å². The van der Waals surface area contributed by atoms with Gasteiger partial charge in [-0.25, -0.2) is 0 Å². The Morgan fingerprint density at radius 1 is 1.29 bits per heavy atom. The molecule has 0 bridgehead atoms. The van der Waals surface area contributed by atoms with Crippen LogP contribution in [0.4, 0.5) is 0 Å². The first-order valence-corrected chi connectivity index (χ1v) is 8.93. The van der Waals surface area contributed by atoms with Gasteiger partial charge in [0.15, 0.2) is 5.96 Å². The van der Waals surface area contributed by atoms with Gasteiger partial charge in [-0.2, -0.15) is 0 Å². The summed E-state index contributed by atoms with van der Waals surface area (Å²) >= 11 is 0. The first-order chi connectivity index (χ1) is 11.7. The molecule has 0 atom stereocenters.